The Hall–Kier alpha value is -1.33. The summed E-state index contributed by atoms with van der Waals surface area (Å²) in [6, 6.07) is 3.31. The molecule has 0 heterocycles. The van der Waals surface area contributed by atoms with Crippen molar-refractivity contribution in [2.75, 3.05) is 20.8 Å². The lowest BCUT2D eigenvalue weighted by molar-refractivity contribution is 0.165. The maximum atomic E-state index is 14.1. The predicted octanol–water partition coefficient (Wildman–Crippen LogP) is 1.87. The van der Waals surface area contributed by atoms with Crippen molar-refractivity contribution in [3.63, 3.8) is 0 Å². The third-order valence-corrected chi connectivity index (χ3v) is 2.59. The van der Waals surface area contributed by atoms with Crippen LogP contribution < -0.4 is 14.8 Å². The summed E-state index contributed by atoms with van der Waals surface area (Å²) in [5.74, 6) is -0.267. The van der Waals surface area contributed by atoms with E-state index in [1.807, 2.05) is 13.8 Å². The molecule has 1 aromatic carbocycles. The van der Waals surface area contributed by atoms with Crippen molar-refractivity contribution in [2.24, 2.45) is 0 Å². The lowest BCUT2D eigenvalue weighted by atomic mass is 10.1. The molecule has 0 spiro atoms. The van der Waals surface area contributed by atoms with Gasteiger partial charge in [-0.15, -0.1) is 0 Å². The van der Waals surface area contributed by atoms with Crippen LogP contribution in [0.15, 0.2) is 12.1 Å². The van der Waals surface area contributed by atoms with Gasteiger partial charge in [0, 0.05) is 18.2 Å². The van der Waals surface area contributed by atoms with E-state index in [0.717, 1.165) is 0 Å². The third kappa shape index (κ3) is 3.34. The first kappa shape index (κ1) is 14.7. The number of rotatable bonds is 6. The normalized spacial score (nSPS) is 12.6. The van der Waals surface area contributed by atoms with E-state index < -0.39 is 11.9 Å². The molecule has 1 aromatic rings. The molecule has 0 aliphatic carbocycles. The van der Waals surface area contributed by atoms with Crippen molar-refractivity contribution < 1.29 is 19.0 Å². The van der Waals surface area contributed by atoms with Gasteiger partial charge in [0.15, 0.2) is 17.3 Å². The summed E-state index contributed by atoms with van der Waals surface area (Å²) in [7, 11) is 2.80. The average Bonchev–Trinajstić information content (AvgIpc) is 2.35. The zero-order valence-corrected chi connectivity index (χ0v) is 11.2. The van der Waals surface area contributed by atoms with E-state index in [0.29, 0.717) is 5.75 Å². The number of nitrogens with one attached hydrogen (secondary N) is 1. The van der Waals surface area contributed by atoms with Crippen LogP contribution in [0.5, 0.6) is 11.5 Å². The van der Waals surface area contributed by atoms with E-state index in [1.165, 1.54) is 20.3 Å². The van der Waals surface area contributed by atoms with Gasteiger partial charge in [-0.2, -0.15) is 0 Å². The Morgan fingerprint density at radius 2 is 1.94 bits per heavy atom. The Morgan fingerprint density at radius 3 is 2.44 bits per heavy atom. The molecule has 0 amide bonds. The molecule has 1 rings (SSSR count). The summed E-state index contributed by atoms with van der Waals surface area (Å²) in [4.78, 5) is 0. The molecule has 1 atom stereocenters. The first-order valence-electron chi connectivity index (χ1n) is 5.83. The van der Waals surface area contributed by atoms with Crippen molar-refractivity contribution in [3.8, 4) is 11.5 Å². The maximum Gasteiger partial charge on any atom is 0.197 e. The number of ether oxygens (including phenoxy) is 2. The summed E-state index contributed by atoms with van der Waals surface area (Å²) < 4.78 is 24.0. The molecule has 0 saturated heterocycles. The van der Waals surface area contributed by atoms with Crippen molar-refractivity contribution in [2.45, 2.75) is 26.0 Å². The largest absolute Gasteiger partial charge is 0.493 e. The van der Waals surface area contributed by atoms with E-state index in [-0.39, 0.29) is 23.9 Å². The Kier molecular flexibility index (Phi) is 5.37. The van der Waals surface area contributed by atoms with Gasteiger partial charge in [0.25, 0.3) is 0 Å². The third-order valence-electron chi connectivity index (χ3n) is 2.59. The van der Waals surface area contributed by atoms with Gasteiger partial charge in [0.1, 0.15) is 0 Å². The van der Waals surface area contributed by atoms with Crippen LogP contribution in [0.3, 0.4) is 0 Å². The van der Waals surface area contributed by atoms with Gasteiger partial charge in [-0.3, -0.25) is 0 Å². The molecule has 0 saturated carbocycles. The van der Waals surface area contributed by atoms with E-state index in [2.05, 4.69) is 5.32 Å². The SMILES string of the molecule is COc1ccc([C@@H](O)CNC(C)C)c(F)c1OC. The van der Waals surface area contributed by atoms with Gasteiger partial charge >= 0.3 is 0 Å². The van der Waals surface area contributed by atoms with Crippen LogP contribution in [-0.4, -0.2) is 31.9 Å². The zero-order valence-electron chi connectivity index (χ0n) is 11.2. The van der Waals surface area contributed by atoms with Gasteiger partial charge in [0.05, 0.1) is 20.3 Å². The zero-order chi connectivity index (χ0) is 13.7. The highest BCUT2D eigenvalue weighted by atomic mass is 19.1. The van der Waals surface area contributed by atoms with Crippen LogP contribution >= 0.6 is 0 Å². The number of hydrogen-bond donors (Lipinski definition) is 2. The number of benzene rings is 1. The van der Waals surface area contributed by atoms with E-state index in [4.69, 9.17) is 9.47 Å². The van der Waals surface area contributed by atoms with Gasteiger partial charge in [-0.1, -0.05) is 13.8 Å². The molecule has 0 aliphatic rings. The van der Waals surface area contributed by atoms with Crippen molar-refractivity contribution in [3.05, 3.63) is 23.5 Å². The fraction of sp³-hybridized carbons (Fsp3) is 0.538. The molecular weight excluding hydrogens is 237 g/mol. The Balaban J connectivity index is 2.96. The molecule has 5 heteroatoms. The minimum absolute atomic E-state index is 0.0126. The highest BCUT2D eigenvalue weighted by molar-refractivity contribution is 5.45. The van der Waals surface area contributed by atoms with Gasteiger partial charge in [-0.05, 0) is 12.1 Å². The fourth-order valence-electron chi connectivity index (χ4n) is 1.62. The number of aliphatic hydroxyl groups excluding tert-OH is 1. The molecule has 0 aromatic heterocycles. The van der Waals surface area contributed by atoms with Gasteiger partial charge in [0.2, 0.25) is 0 Å². The molecule has 2 N–H and O–H groups in total. The second kappa shape index (κ2) is 6.56. The fourth-order valence-corrected chi connectivity index (χ4v) is 1.62. The van der Waals surface area contributed by atoms with E-state index >= 15 is 0 Å². The molecule has 4 nitrogen and oxygen atoms in total. The van der Waals surface area contributed by atoms with Crippen molar-refractivity contribution in [1.82, 2.24) is 5.32 Å². The summed E-state index contributed by atoms with van der Waals surface area (Å²) >= 11 is 0. The maximum absolute atomic E-state index is 14.1. The summed E-state index contributed by atoms with van der Waals surface area (Å²) in [6.07, 6.45) is -0.924. The first-order valence-corrected chi connectivity index (χ1v) is 5.83. The summed E-state index contributed by atoms with van der Waals surface area (Å²) in [5, 5.41) is 13.0. The standard InChI is InChI=1S/C13H20FNO3/c1-8(2)15-7-10(16)9-5-6-11(17-3)13(18-4)12(9)14/h5-6,8,10,15-16H,7H2,1-4H3/t10-/m0/s1. The summed E-state index contributed by atoms with van der Waals surface area (Å²) in [6.45, 7) is 4.19. The molecule has 0 fully saturated rings. The highest BCUT2D eigenvalue weighted by Gasteiger charge is 2.19. The van der Waals surface area contributed by atoms with Crippen LogP contribution in [0.1, 0.15) is 25.5 Å². The van der Waals surface area contributed by atoms with Gasteiger partial charge < -0.3 is 19.9 Å². The smallest absolute Gasteiger partial charge is 0.197 e. The second-order valence-electron chi connectivity index (χ2n) is 4.28. The van der Waals surface area contributed by atoms with E-state index in [1.54, 1.807) is 6.07 Å². The van der Waals surface area contributed by atoms with Crippen LogP contribution in [0.2, 0.25) is 0 Å². The van der Waals surface area contributed by atoms with Crippen molar-refractivity contribution >= 4 is 0 Å². The van der Waals surface area contributed by atoms with Gasteiger partial charge in [-0.25, -0.2) is 4.39 Å². The Bertz CT molecular complexity index is 396. The van der Waals surface area contributed by atoms with E-state index in [9.17, 15) is 9.50 Å². The van der Waals surface area contributed by atoms with Crippen LogP contribution in [-0.2, 0) is 0 Å². The highest BCUT2D eigenvalue weighted by Crippen LogP contribution is 2.34. The topological polar surface area (TPSA) is 50.7 Å². The molecule has 0 radical (unpaired) electrons. The Labute approximate surface area is 107 Å². The number of aliphatic hydroxyl groups is 1. The average molecular weight is 257 g/mol. The lowest BCUT2D eigenvalue weighted by Crippen LogP contribution is -2.28. The molecule has 0 aliphatic heterocycles. The minimum Gasteiger partial charge on any atom is -0.493 e. The second-order valence-corrected chi connectivity index (χ2v) is 4.28. The number of hydrogen-bond acceptors (Lipinski definition) is 4. The number of methoxy groups -OCH3 is 2. The Morgan fingerprint density at radius 1 is 1.28 bits per heavy atom. The van der Waals surface area contributed by atoms with Crippen LogP contribution in [0.25, 0.3) is 0 Å². The molecule has 0 bridgehead atoms. The van der Waals surface area contributed by atoms with Crippen LogP contribution in [0.4, 0.5) is 4.39 Å². The molecule has 0 unspecified atom stereocenters. The number of halogens is 1. The van der Waals surface area contributed by atoms with Crippen molar-refractivity contribution in [1.29, 1.82) is 0 Å². The predicted molar refractivity (Wildman–Crippen MR) is 67.6 cm³/mol. The molecular formula is C13H20FNO3. The van der Waals surface area contributed by atoms with Crippen LogP contribution in [0, 0.1) is 5.82 Å². The first-order chi connectivity index (χ1) is 8.51. The summed E-state index contributed by atoms with van der Waals surface area (Å²) in [5.41, 5.74) is 0.195. The lowest BCUT2D eigenvalue weighted by Gasteiger charge is -2.17. The minimum atomic E-state index is -0.924. The molecule has 18 heavy (non-hydrogen) atoms. The quantitative estimate of drug-likeness (QED) is 0.817. The molecule has 102 valence electrons. The monoisotopic (exact) mass is 257 g/mol.